The van der Waals surface area contributed by atoms with Gasteiger partial charge in [-0.2, -0.15) is 9.61 Å². The van der Waals surface area contributed by atoms with Crippen molar-refractivity contribution in [3.05, 3.63) is 65.7 Å². The number of para-hydroxylation sites is 2. The van der Waals surface area contributed by atoms with Crippen molar-refractivity contribution in [2.24, 2.45) is 0 Å². The minimum absolute atomic E-state index is 0.187. The summed E-state index contributed by atoms with van der Waals surface area (Å²) in [6.45, 7) is 1.97. The van der Waals surface area contributed by atoms with Crippen molar-refractivity contribution in [2.75, 3.05) is 0 Å². The number of rotatable bonds is 4. The molecule has 7 heteroatoms. The van der Waals surface area contributed by atoms with Crippen molar-refractivity contribution >= 4 is 27.3 Å². The average molecular weight is 362 g/mol. The maximum Gasteiger partial charge on any atom is 0.235 e. The minimum atomic E-state index is -0.187. The molecule has 6 nitrogen and oxygen atoms in total. The number of aromatic nitrogens is 4. The van der Waals surface area contributed by atoms with Gasteiger partial charge in [0.2, 0.25) is 10.8 Å². The SMILES string of the molecule is CC(Oc1ccccc1)c1nn2c(-c3cc4ccccc4o3)nnc2s1. The molecule has 0 fully saturated rings. The molecule has 0 aliphatic rings. The molecule has 0 amide bonds. The average Bonchev–Trinajstić information content (AvgIpc) is 3.35. The van der Waals surface area contributed by atoms with Crippen LogP contribution in [-0.2, 0) is 0 Å². The Labute approximate surface area is 152 Å². The molecule has 1 atom stereocenters. The monoisotopic (exact) mass is 362 g/mol. The summed E-state index contributed by atoms with van der Waals surface area (Å²) in [6, 6.07) is 19.5. The summed E-state index contributed by atoms with van der Waals surface area (Å²) in [5, 5.41) is 15.0. The zero-order chi connectivity index (χ0) is 17.5. The van der Waals surface area contributed by atoms with E-state index >= 15 is 0 Å². The van der Waals surface area contributed by atoms with Crippen LogP contribution in [0.4, 0.5) is 0 Å². The van der Waals surface area contributed by atoms with Gasteiger partial charge in [-0.15, -0.1) is 10.2 Å². The van der Waals surface area contributed by atoms with Gasteiger partial charge >= 0.3 is 0 Å². The van der Waals surface area contributed by atoms with Crippen molar-refractivity contribution in [1.82, 2.24) is 19.8 Å². The number of hydrogen-bond acceptors (Lipinski definition) is 6. The zero-order valence-electron chi connectivity index (χ0n) is 13.9. The first-order valence-electron chi connectivity index (χ1n) is 8.21. The fourth-order valence-electron chi connectivity index (χ4n) is 2.80. The topological polar surface area (TPSA) is 65.5 Å². The highest BCUT2D eigenvalue weighted by atomic mass is 32.1. The molecule has 3 aromatic heterocycles. The Kier molecular flexibility index (Phi) is 3.46. The van der Waals surface area contributed by atoms with Crippen LogP contribution in [0.25, 0.3) is 27.5 Å². The molecule has 128 valence electrons. The number of ether oxygens (including phenoxy) is 1. The van der Waals surface area contributed by atoms with Gasteiger partial charge in [-0.1, -0.05) is 47.7 Å². The van der Waals surface area contributed by atoms with E-state index in [2.05, 4.69) is 15.3 Å². The summed E-state index contributed by atoms with van der Waals surface area (Å²) in [5.74, 6) is 2.04. The lowest BCUT2D eigenvalue weighted by atomic mass is 10.2. The first-order valence-corrected chi connectivity index (χ1v) is 9.02. The Bertz CT molecular complexity index is 1160. The Hall–Kier alpha value is -3.19. The van der Waals surface area contributed by atoms with Crippen LogP contribution < -0.4 is 4.74 Å². The van der Waals surface area contributed by atoms with Crippen molar-refractivity contribution in [1.29, 1.82) is 0 Å². The second-order valence-electron chi connectivity index (χ2n) is 5.88. The van der Waals surface area contributed by atoms with E-state index in [-0.39, 0.29) is 6.10 Å². The van der Waals surface area contributed by atoms with Crippen molar-refractivity contribution in [3.8, 4) is 17.3 Å². The zero-order valence-corrected chi connectivity index (χ0v) is 14.7. The molecule has 0 bridgehead atoms. The molecule has 0 radical (unpaired) electrons. The van der Waals surface area contributed by atoms with Crippen LogP contribution in [0.15, 0.2) is 65.1 Å². The molecular weight excluding hydrogens is 348 g/mol. The van der Waals surface area contributed by atoms with Crippen LogP contribution in [0.5, 0.6) is 5.75 Å². The summed E-state index contributed by atoms with van der Waals surface area (Å²) in [7, 11) is 0. The lowest BCUT2D eigenvalue weighted by Crippen LogP contribution is -2.03. The molecule has 5 rings (SSSR count). The fourth-order valence-corrected chi connectivity index (χ4v) is 3.61. The Morgan fingerprint density at radius 2 is 1.85 bits per heavy atom. The van der Waals surface area contributed by atoms with Crippen molar-refractivity contribution in [3.63, 3.8) is 0 Å². The van der Waals surface area contributed by atoms with Crippen LogP contribution in [0.1, 0.15) is 18.0 Å². The van der Waals surface area contributed by atoms with E-state index in [0.717, 1.165) is 21.7 Å². The number of nitrogens with zero attached hydrogens (tertiary/aromatic N) is 4. The quantitative estimate of drug-likeness (QED) is 0.462. The molecule has 0 aliphatic carbocycles. The number of benzene rings is 2. The van der Waals surface area contributed by atoms with Gasteiger partial charge in [0.25, 0.3) is 0 Å². The fraction of sp³-hybridized carbons (Fsp3) is 0.105. The number of fused-ring (bicyclic) bond motifs is 2. The second kappa shape index (κ2) is 5.96. The highest BCUT2D eigenvalue weighted by Gasteiger charge is 2.20. The normalized spacial score (nSPS) is 12.7. The van der Waals surface area contributed by atoms with Gasteiger partial charge in [0.1, 0.15) is 17.4 Å². The van der Waals surface area contributed by atoms with Gasteiger partial charge in [0.15, 0.2) is 10.8 Å². The van der Waals surface area contributed by atoms with Crippen molar-refractivity contribution < 1.29 is 9.15 Å². The maximum absolute atomic E-state index is 5.96. The standard InChI is InChI=1S/C19H14N4O2S/c1-12(24-14-8-3-2-4-9-14)18-22-23-17(20-21-19(23)26-18)16-11-13-7-5-6-10-15(13)25-16/h2-12H,1H3. The summed E-state index contributed by atoms with van der Waals surface area (Å²) in [4.78, 5) is 0.707. The summed E-state index contributed by atoms with van der Waals surface area (Å²) >= 11 is 1.46. The predicted octanol–water partition coefficient (Wildman–Crippen LogP) is 4.74. The summed E-state index contributed by atoms with van der Waals surface area (Å²) in [5.41, 5.74) is 0.815. The molecule has 0 N–H and O–H groups in total. The third kappa shape index (κ3) is 2.53. The molecule has 26 heavy (non-hydrogen) atoms. The van der Waals surface area contributed by atoms with Gasteiger partial charge in [-0.05, 0) is 31.2 Å². The van der Waals surface area contributed by atoms with E-state index in [9.17, 15) is 0 Å². The Balaban J connectivity index is 1.51. The lowest BCUT2D eigenvalue weighted by molar-refractivity contribution is 0.225. The van der Waals surface area contributed by atoms with Gasteiger partial charge < -0.3 is 9.15 Å². The van der Waals surface area contributed by atoms with E-state index in [1.165, 1.54) is 11.3 Å². The second-order valence-corrected chi connectivity index (χ2v) is 6.87. The molecule has 0 aliphatic heterocycles. The van der Waals surface area contributed by atoms with E-state index in [1.807, 2.05) is 67.6 Å². The highest BCUT2D eigenvalue weighted by Crippen LogP contribution is 2.30. The Morgan fingerprint density at radius 1 is 1.04 bits per heavy atom. The molecule has 0 saturated carbocycles. The largest absolute Gasteiger partial charge is 0.483 e. The van der Waals surface area contributed by atoms with E-state index in [0.29, 0.717) is 16.5 Å². The van der Waals surface area contributed by atoms with E-state index in [4.69, 9.17) is 9.15 Å². The van der Waals surface area contributed by atoms with Crippen LogP contribution in [0.3, 0.4) is 0 Å². The molecule has 0 saturated heterocycles. The molecule has 0 spiro atoms. The molecule has 1 unspecified atom stereocenters. The predicted molar refractivity (Wildman–Crippen MR) is 99.4 cm³/mol. The van der Waals surface area contributed by atoms with Crippen LogP contribution in [0.2, 0.25) is 0 Å². The minimum Gasteiger partial charge on any atom is -0.483 e. The van der Waals surface area contributed by atoms with Crippen LogP contribution in [-0.4, -0.2) is 19.8 Å². The number of furan rings is 1. The van der Waals surface area contributed by atoms with Gasteiger partial charge in [0.05, 0.1) is 0 Å². The van der Waals surface area contributed by atoms with E-state index in [1.54, 1.807) is 4.52 Å². The third-order valence-electron chi connectivity index (χ3n) is 4.06. The van der Waals surface area contributed by atoms with Crippen LogP contribution >= 0.6 is 11.3 Å². The Morgan fingerprint density at radius 3 is 2.69 bits per heavy atom. The summed E-state index contributed by atoms with van der Waals surface area (Å²) < 4.78 is 13.6. The van der Waals surface area contributed by atoms with Gasteiger partial charge in [0, 0.05) is 5.39 Å². The molecule has 5 aromatic rings. The lowest BCUT2D eigenvalue weighted by Gasteiger charge is -2.11. The molecule has 2 aromatic carbocycles. The van der Waals surface area contributed by atoms with Gasteiger partial charge in [-0.3, -0.25) is 0 Å². The van der Waals surface area contributed by atoms with E-state index < -0.39 is 0 Å². The third-order valence-corrected chi connectivity index (χ3v) is 5.12. The van der Waals surface area contributed by atoms with Crippen molar-refractivity contribution in [2.45, 2.75) is 13.0 Å². The highest BCUT2D eigenvalue weighted by molar-refractivity contribution is 7.16. The van der Waals surface area contributed by atoms with Crippen LogP contribution in [0, 0.1) is 0 Å². The first kappa shape index (κ1) is 15.1. The number of hydrogen-bond donors (Lipinski definition) is 0. The smallest absolute Gasteiger partial charge is 0.235 e. The molecule has 3 heterocycles. The first-order chi connectivity index (χ1) is 12.8. The van der Waals surface area contributed by atoms with Gasteiger partial charge in [-0.25, -0.2) is 0 Å². The summed E-state index contributed by atoms with van der Waals surface area (Å²) in [6.07, 6.45) is -0.187. The maximum atomic E-state index is 5.96. The molecular formula is C19H14N4O2S.